The zero-order valence-corrected chi connectivity index (χ0v) is 14.4. The molecule has 114 valence electrons. The highest BCUT2D eigenvalue weighted by Gasteiger charge is 2.08. The molecule has 0 fully saturated rings. The van der Waals surface area contributed by atoms with Gasteiger partial charge >= 0.3 is 0 Å². The zero-order valence-electron chi connectivity index (χ0n) is 12.9. The molecule has 0 aliphatic heterocycles. The molecule has 3 heteroatoms. The first-order valence-electron chi connectivity index (χ1n) is 7.45. The quantitative estimate of drug-likeness (QED) is 0.408. The molecule has 0 N–H and O–H groups in total. The number of hydrogen-bond donors (Lipinski definition) is 0. The van der Waals surface area contributed by atoms with Gasteiger partial charge in [-0.1, -0.05) is 64.5 Å². The molecule has 2 nitrogen and oxygen atoms in total. The van der Waals surface area contributed by atoms with Gasteiger partial charge in [-0.2, -0.15) is 5.10 Å². The highest BCUT2D eigenvalue weighted by Crippen LogP contribution is 2.26. The third-order valence-corrected chi connectivity index (χ3v) is 4.04. The van der Waals surface area contributed by atoms with Crippen molar-refractivity contribution in [3.8, 4) is 0 Å². The molecule has 0 unspecified atom stereocenters. The fourth-order valence-corrected chi connectivity index (χ4v) is 2.57. The van der Waals surface area contributed by atoms with E-state index in [-0.39, 0.29) is 0 Å². The molecule has 0 heterocycles. The van der Waals surface area contributed by atoms with Gasteiger partial charge in [0.1, 0.15) is 0 Å². The summed E-state index contributed by atoms with van der Waals surface area (Å²) >= 11 is 3.47. The first-order valence-corrected chi connectivity index (χ1v) is 8.25. The summed E-state index contributed by atoms with van der Waals surface area (Å²) in [6.07, 6.45) is 0. The molecule has 0 spiro atoms. The van der Waals surface area contributed by atoms with Gasteiger partial charge in [-0.3, -0.25) is 0 Å². The van der Waals surface area contributed by atoms with E-state index in [4.69, 9.17) is 5.10 Å². The van der Waals surface area contributed by atoms with Crippen molar-refractivity contribution in [3.63, 3.8) is 0 Å². The van der Waals surface area contributed by atoms with E-state index in [1.54, 1.807) is 0 Å². The van der Waals surface area contributed by atoms with Gasteiger partial charge < -0.3 is 0 Å². The maximum absolute atomic E-state index is 4.85. The summed E-state index contributed by atoms with van der Waals surface area (Å²) < 4.78 is 1.07. The molecule has 3 aromatic carbocycles. The fourth-order valence-electron chi connectivity index (χ4n) is 2.30. The summed E-state index contributed by atoms with van der Waals surface area (Å²) in [7, 11) is 0. The SMILES string of the molecule is C/C(=N/N(c1ccccc1)c1ccccc1)c1ccc(Br)cc1. The Morgan fingerprint density at radius 1 is 0.739 bits per heavy atom. The topological polar surface area (TPSA) is 15.6 Å². The minimum absolute atomic E-state index is 0.963. The Balaban J connectivity index is 2.02. The lowest BCUT2D eigenvalue weighted by Crippen LogP contribution is -2.12. The van der Waals surface area contributed by atoms with E-state index in [0.29, 0.717) is 0 Å². The van der Waals surface area contributed by atoms with Crippen LogP contribution in [0.1, 0.15) is 12.5 Å². The molecule has 0 saturated heterocycles. The second-order valence-corrected chi connectivity index (χ2v) is 6.09. The van der Waals surface area contributed by atoms with Crippen LogP contribution in [0.4, 0.5) is 11.4 Å². The van der Waals surface area contributed by atoms with E-state index in [9.17, 15) is 0 Å². The summed E-state index contributed by atoms with van der Waals surface area (Å²) in [6.45, 7) is 2.03. The Morgan fingerprint density at radius 2 is 1.22 bits per heavy atom. The Labute approximate surface area is 145 Å². The predicted octanol–water partition coefficient (Wildman–Crippen LogP) is 6.01. The molecule has 3 aromatic rings. The monoisotopic (exact) mass is 364 g/mol. The molecule has 23 heavy (non-hydrogen) atoms. The van der Waals surface area contributed by atoms with Gasteiger partial charge in [0.25, 0.3) is 0 Å². The van der Waals surface area contributed by atoms with Crippen LogP contribution in [-0.2, 0) is 0 Å². The van der Waals surface area contributed by atoms with Gasteiger partial charge in [0.05, 0.1) is 17.1 Å². The minimum Gasteiger partial charge on any atom is -0.234 e. The molecule has 0 aliphatic carbocycles. The number of benzene rings is 3. The van der Waals surface area contributed by atoms with Crippen molar-refractivity contribution < 1.29 is 0 Å². The summed E-state index contributed by atoms with van der Waals surface area (Å²) in [5.41, 5.74) is 4.14. The fraction of sp³-hybridized carbons (Fsp3) is 0.0500. The molecule has 0 atom stereocenters. The predicted molar refractivity (Wildman–Crippen MR) is 101 cm³/mol. The number of anilines is 2. The van der Waals surface area contributed by atoms with Crippen molar-refractivity contribution in [3.05, 3.63) is 95.0 Å². The molecule has 0 amide bonds. The lowest BCUT2D eigenvalue weighted by molar-refractivity contribution is 1.08. The van der Waals surface area contributed by atoms with Crippen LogP contribution >= 0.6 is 15.9 Å². The smallest absolute Gasteiger partial charge is 0.0655 e. The Kier molecular flexibility index (Phi) is 4.89. The molecule has 0 radical (unpaired) electrons. The lowest BCUT2D eigenvalue weighted by atomic mass is 10.1. The van der Waals surface area contributed by atoms with Crippen LogP contribution in [0, 0.1) is 0 Å². The van der Waals surface area contributed by atoms with Crippen molar-refractivity contribution >= 4 is 33.0 Å². The van der Waals surface area contributed by atoms with Crippen LogP contribution in [0.2, 0.25) is 0 Å². The number of nitrogens with zero attached hydrogens (tertiary/aromatic N) is 2. The Morgan fingerprint density at radius 3 is 1.70 bits per heavy atom. The molecule has 0 bridgehead atoms. The van der Waals surface area contributed by atoms with Gasteiger partial charge in [0.2, 0.25) is 0 Å². The maximum atomic E-state index is 4.85. The maximum Gasteiger partial charge on any atom is 0.0655 e. The summed E-state index contributed by atoms with van der Waals surface area (Å²) in [6, 6.07) is 28.6. The number of rotatable bonds is 4. The van der Waals surface area contributed by atoms with E-state index in [1.165, 1.54) is 0 Å². The summed E-state index contributed by atoms with van der Waals surface area (Å²) in [5.74, 6) is 0. The van der Waals surface area contributed by atoms with E-state index < -0.39 is 0 Å². The first kappa shape index (κ1) is 15.5. The molecular formula is C20H17BrN2. The van der Waals surface area contributed by atoms with Crippen molar-refractivity contribution in [1.82, 2.24) is 0 Å². The van der Waals surface area contributed by atoms with Gasteiger partial charge in [0, 0.05) is 4.47 Å². The van der Waals surface area contributed by atoms with Crippen LogP contribution in [0.15, 0.2) is 94.5 Å². The third kappa shape index (κ3) is 3.88. The number of halogens is 1. The van der Waals surface area contributed by atoms with Crippen LogP contribution < -0.4 is 5.01 Å². The number of para-hydroxylation sites is 2. The minimum atomic E-state index is 0.963. The van der Waals surface area contributed by atoms with Crippen LogP contribution in [0.3, 0.4) is 0 Å². The molecular weight excluding hydrogens is 348 g/mol. The number of hydrazone groups is 1. The zero-order chi connectivity index (χ0) is 16.1. The average molecular weight is 365 g/mol. The van der Waals surface area contributed by atoms with Crippen molar-refractivity contribution in [1.29, 1.82) is 0 Å². The highest BCUT2D eigenvalue weighted by molar-refractivity contribution is 9.10. The van der Waals surface area contributed by atoms with E-state index >= 15 is 0 Å². The van der Waals surface area contributed by atoms with Crippen molar-refractivity contribution in [2.75, 3.05) is 5.01 Å². The van der Waals surface area contributed by atoms with Crippen LogP contribution in [0.25, 0.3) is 0 Å². The van der Waals surface area contributed by atoms with Gasteiger partial charge in [-0.15, -0.1) is 0 Å². The summed E-state index contributed by atoms with van der Waals surface area (Å²) in [4.78, 5) is 0. The van der Waals surface area contributed by atoms with Gasteiger partial charge in [0.15, 0.2) is 0 Å². The second-order valence-electron chi connectivity index (χ2n) is 5.18. The average Bonchev–Trinajstić information content (AvgIpc) is 2.61. The molecule has 0 aliphatic rings. The van der Waals surface area contributed by atoms with E-state index in [0.717, 1.165) is 27.1 Å². The standard InChI is InChI=1S/C20H17BrN2/c1-16(17-12-14-18(21)15-13-17)22-23(19-8-4-2-5-9-19)20-10-6-3-7-11-20/h2-15H,1H3/b22-16-. The Hall–Kier alpha value is -2.39. The van der Waals surface area contributed by atoms with Gasteiger partial charge in [-0.25, -0.2) is 5.01 Å². The first-order chi connectivity index (χ1) is 11.2. The molecule has 0 saturated carbocycles. The van der Waals surface area contributed by atoms with E-state index in [2.05, 4.69) is 52.3 Å². The second kappa shape index (κ2) is 7.25. The van der Waals surface area contributed by atoms with E-state index in [1.807, 2.05) is 60.5 Å². The largest absolute Gasteiger partial charge is 0.234 e. The number of hydrogen-bond acceptors (Lipinski definition) is 2. The van der Waals surface area contributed by atoms with Crippen LogP contribution in [-0.4, -0.2) is 5.71 Å². The highest BCUT2D eigenvalue weighted by atomic mass is 79.9. The molecule has 0 aromatic heterocycles. The van der Waals surface area contributed by atoms with Crippen molar-refractivity contribution in [2.45, 2.75) is 6.92 Å². The van der Waals surface area contributed by atoms with Crippen molar-refractivity contribution in [2.24, 2.45) is 5.10 Å². The molecule has 3 rings (SSSR count). The normalized spacial score (nSPS) is 11.3. The van der Waals surface area contributed by atoms with Gasteiger partial charge in [-0.05, 0) is 48.9 Å². The lowest BCUT2D eigenvalue weighted by Gasteiger charge is -2.20. The summed E-state index contributed by atoms with van der Waals surface area (Å²) in [5, 5.41) is 6.82. The van der Waals surface area contributed by atoms with Crippen LogP contribution in [0.5, 0.6) is 0 Å². The Bertz CT molecular complexity index is 741. The third-order valence-electron chi connectivity index (χ3n) is 3.51.